The van der Waals surface area contributed by atoms with E-state index in [0.29, 0.717) is 36.3 Å². The third-order valence-corrected chi connectivity index (χ3v) is 4.66. The van der Waals surface area contributed by atoms with E-state index in [0.717, 1.165) is 11.1 Å². The number of hydrogen-bond donors (Lipinski definition) is 1. The van der Waals surface area contributed by atoms with Crippen LogP contribution in [0, 0.1) is 5.41 Å². The number of halogens is 1. The van der Waals surface area contributed by atoms with E-state index < -0.39 is 0 Å². The van der Waals surface area contributed by atoms with Crippen LogP contribution in [0.1, 0.15) is 17.4 Å². The summed E-state index contributed by atoms with van der Waals surface area (Å²) in [5.74, 6) is 0.520. The maximum atomic E-state index is 12.7. The first-order chi connectivity index (χ1) is 12.1. The number of fused-ring (bicyclic) bond motifs is 1. The van der Waals surface area contributed by atoms with Gasteiger partial charge in [-0.25, -0.2) is 4.98 Å². The second kappa shape index (κ2) is 6.17. The largest absolute Gasteiger partial charge is 0.380 e. The Hall–Kier alpha value is -2.37. The molecule has 0 radical (unpaired) electrons. The maximum absolute atomic E-state index is 12.7. The fourth-order valence-corrected chi connectivity index (χ4v) is 3.16. The number of imidazole rings is 1. The first-order valence-electron chi connectivity index (χ1n) is 8.15. The first-order valence-corrected chi connectivity index (χ1v) is 8.53. The molecule has 25 heavy (non-hydrogen) atoms. The molecule has 0 bridgehead atoms. The van der Waals surface area contributed by atoms with Crippen LogP contribution in [-0.4, -0.2) is 35.1 Å². The standard InChI is InChI=1S/C19H18ClN3O2/c1-19(11-25-12-19)10-21-18(24)16-15-7-2-3-8-23(15)17(22-16)13-5-4-6-14(20)9-13/h2-9H,10-12H2,1H3,(H,21,24). The third kappa shape index (κ3) is 3.01. The average Bonchev–Trinajstić information content (AvgIpc) is 2.98. The summed E-state index contributed by atoms with van der Waals surface area (Å²) in [5.41, 5.74) is 2.07. The lowest BCUT2D eigenvalue weighted by Gasteiger charge is -2.37. The lowest BCUT2D eigenvalue weighted by atomic mass is 9.89. The van der Waals surface area contributed by atoms with Gasteiger partial charge in [0.05, 0.1) is 18.7 Å². The Morgan fingerprint density at radius 2 is 2.16 bits per heavy atom. The fourth-order valence-electron chi connectivity index (χ4n) is 2.97. The molecule has 0 atom stereocenters. The zero-order valence-electron chi connectivity index (χ0n) is 13.8. The Labute approximate surface area is 150 Å². The van der Waals surface area contributed by atoms with Crippen molar-refractivity contribution in [1.82, 2.24) is 14.7 Å². The first kappa shape index (κ1) is 16.1. The Bertz CT molecular complexity index is 947. The minimum atomic E-state index is -0.176. The molecule has 4 rings (SSSR count). The molecule has 1 aliphatic rings. The maximum Gasteiger partial charge on any atom is 0.272 e. The number of pyridine rings is 1. The molecular weight excluding hydrogens is 338 g/mol. The van der Waals surface area contributed by atoms with Gasteiger partial charge in [0.1, 0.15) is 5.82 Å². The molecular formula is C19H18ClN3O2. The molecule has 3 heterocycles. The van der Waals surface area contributed by atoms with Crippen molar-refractivity contribution in [3.05, 3.63) is 59.4 Å². The molecule has 0 saturated carbocycles. The van der Waals surface area contributed by atoms with Gasteiger partial charge >= 0.3 is 0 Å². The number of benzene rings is 1. The Balaban J connectivity index is 1.71. The molecule has 0 aliphatic carbocycles. The van der Waals surface area contributed by atoms with E-state index >= 15 is 0 Å². The minimum Gasteiger partial charge on any atom is -0.380 e. The second-order valence-corrected chi connectivity index (χ2v) is 7.17. The molecule has 1 N–H and O–H groups in total. The van der Waals surface area contributed by atoms with Crippen molar-refractivity contribution in [3.63, 3.8) is 0 Å². The van der Waals surface area contributed by atoms with E-state index in [2.05, 4.69) is 17.2 Å². The van der Waals surface area contributed by atoms with Gasteiger partial charge < -0.3 is 10.1 Å². The predicted octanol–water partition coefficient (Wildman–Crippen LogP) is 3.42. The molecule has 6 heteroatoms. The van der Waals surface area contributed by atoms with E-state index in [4.69, 9.17) is 16.3 Å². The van der Waals surface area contributed by atoms with Gasteiger partial charge in [-0.2, -0.15) is 0 Å². The molecule has 1 aromatic carbocycles. The van der Waals surface area contributed by atoms with Crippen LogP contribution < -0.4 is 5.32 Å². The quantitative estimate of drug-likeness (QED) is 0.780. The monoisotopic (exact) mass is 355 g/mol. The van der Waals surface area contributed by atoms with Crippen LogP contribution in [-0.2, 0) is 4.74 Å². The van der Waals surface area contributed by atoms with Crippen molar-refractivity contribution in [2.75, 3.05) is 19.8 Å². The normalized spacial score (nSPS) is 15.8. The van der Waals surface area contributed by atoms with Crippen molar-refractivity contribution >= 4 is 23.0 Å². The number of aromatic nitrogens is 2. The number of ether oxygens (including phenoxy) is 1. The van der Waals surface area contributed by atoms with Gasteiger partial charge in [0.25, 0.3) is 5.91 Å². The van der Waals surface area contributed by atoms with Crippen molar-refractivity contribution in [2.45, 2.75) is 6.92 Å². The predicted molar refractivity (Wildman–Crippen MR) is 96.9 cm³/mol. The third-order valence-electron chi connectivity index (χ3n) is 4.42. The lowest BCUT2D eigenvalue weighted by Crippen LogP contribution is -2.48. The van der Waals surface area contributed by atoms with Crippen LogP contribution in [0.4, 0.5) is 0 Å². The van der Waals surface area contributed by atoms with E-state index in [1.165, 1.54) is 0 Å². The zero-order chi connectivity index (χ0) is 17.4. The highest BCUT2D eigenvalue weighted by Crippen LogP contribution is 2.27. The number of amides is 1. The van der Waals surface area contributed by atoms with Crippen molar-refractivity contribution in [2.24, 2.45) is 5.41 Å². The SMILES string of the molecule is CC1(CNC(=O)c2nc(-c3cccc(Cl)c3)n3ccccc23)COC1. The molecule has 1 fully saturated rings. The van der Waals surface area contributed by atoms with Crippen LogP contribution in [0.5, 0.6) is 0 Å². The van der Waals surface area contributed by atoms with Gasteiger partial charge in [-0.15, -0.1) is 0 Å². The summed E-state index contributed by atoms with van der Waals surface area (Å²) in [6.45, 7) is 4.01. The molecule has 3 aromatic rings. The fraction of sp³-hybridized carbons (Fsp3) is 0.263. The molecule has 1 saturated heterocycles. The van der Waals surface area contributed by atoms with Crippen LogP contribution >= 0.6 is 11.6 Å². The average molecular weight is 356 g/mol. The van der Waals surface area contributed by atoms with Gasteiger partial charge in [-0.05, 0) is 24.3 Å². The van der Waals surface area contributed by atoms with E-state index in [9.17, 15) is 4.79 Å². The number of carbonyl (C=O) groups excluding carboxylic acids is 1. The Kier molecular flexibility index (Phi) is 3.98. The second-order valence-electron chi connectivity index (χ2n) is 6.74. The van der Waals surface area contributed by atoms with Crippen molar-refractivity contribution in [1.29, 1.82) is 0 Å². The smallest absolute Gasteiger partial charge is 0.272 e. The summed E-state index contributed by atoms with van der Waals surface area (Å²) in [7, 11) is 0. The Morgan fingerprint density at radius 3 is 2.88 bits per heavy atom. The van der Waals surface area contributed by atoms with E-state index in [-0.39, 0.29) is 11.3 Å². The summed E-state index contributed by atoms with van der Waals surface area (Å²) >= 11 is 6.11. The Morgan fingerprint density at radius 1 is 1.32 bits per heavy atom. The number of rotatable bonds is 4. The van der Waals surface area contributed by atoms with Crippen molar-refractivity contribution < 1.29 is 9.53 Å². The summed E-state index contributed by atoms with van der Waals surface area (Å²) in [5, 5.41) is 3.62. The molecule has 2 aromatic heterocycles. The minimum absolute atomic E-state index is 0.0149. The molecule has 1 amide bonds. The lowest BCUT2D eigenvalue weighted by molar-refractivity contribution is -0.0978. The topological polar surface area (TPSA) is 55.6 Å². The number of carbonyl (C=O) groups is 1. The van der Waals surface area contributed by atoms with Crippen LogP contribution in [0.2, 0.25) is 5.02 Å². The van der Waals surface area contributed by atoms with Gasteiger partial charge in [0.15, 0.2) is 5.69 Å². The van der Waals surface area contributed by atoms with Crippen LogP contribution in [0.3, 0.4) is 0 Å². The molecule has 128 valence electrons. The van der Waals surface area contributed by atoms with Gasteiger partial charge in [0, 0.05) is 28.7 Å². The van der Waals surface area contributed by atoms with Crippen LogP contribution in [0.25, 0.3) is 16.9 Å². The van der Waals surface area contributed by atoms with Crippen molar-refractivity contribution in [3.8, 4) is 11.4 Å². The highest BCUT2D eigenvalue weighted by molar-refractivity contribution is 6.30. The number of nitrogens with zero attached hydrogens (tertiary/aromatic N) is 2. The van der Waals surface area contributed by atoms with E-state index in [1.54, 1.807) is 0 Å². The highest BCUT2D eigenvalue weighted by atomic mass is 35.5. The summed E-state index contributed by atoms with van der Waals surface area (Å²) in [6, 6.07) is 13.2. The van der Waals surface area contributed by atoms with Gasteiger partial charge in [0.2, 0.25) is 0 Å². The number of hydrogen-bond acceptors (Lipinski definition) is 3. The molecule has 0 unspecified atom stereocenters. The zero-order valence-corrected chi connectivity index (χ0v) is 14.6. The summed E-state index contributed by atoms with van der Waals surface area (Å²) in [6.07, 6.45) is 1.90. The molecule has 1 aliphatic heterocycles. The molecule has 0 spiro atoms. The van der Waals surface area contributed by atoms with E-state index in [1.807, 2.05) is 53.1 Å². The number of nitrogens with one attached hydrogen (secondary N) is 1. The van der Waals surface area contributed by atoms with Gasteiger partial charge in [-0.3, -0.25) is 9.20 Å². The highest BCUT2D eigenvalue weighted by Gasteiger charge is 2.34. The molecule has 5 nitrogen and oxygen atoms in total. The van der Waals surface area contributed by atoms with Crippen LogP contribution in [0.15, 0.2) is 48.7 Å². The summed E-state index contributed by atoms with van der Waals surface area (Å²) in [4.78, 5) is 17.3. The summed E-state index contributed by atoms with van der Waals surface area (Å²) < 4.78 is 7.15. The van der Waals surface area contributed by atoms with Gasteiger partial charge in [-0.1, -0.05) is 36.7 Å².